The van der Waals surface area contributed by atoms with Crippen molar-refractivity contribution in [2.45, 2.75) is 20.4 Å². The molecule has 0 saturated heterocycles. The summed E-state index contributed by atoms with van der Waals surface area (Å²) in [5, 5.41) is 6.38. The molecule has 0 amide bonds. The molecule has 0 fully saturated rings. The minimum Gasteiger partial charge on any atom is -0.454 e. The summed E-state index contributed by atoms with van der Waals surface area (Å²) >= 11 is 0. The highest BCUT2D eigenvalue weighted by molar-refractivity contribution is 5.79. The number of rotatable bonds is 4. The van der Waals surface area contributed by atoms with Gasteiger partial charge >= 0.3 is 0 Å². The largest absolute Gasteiger partial charge is 0.454 e. The average molecular weight is 249 g/mol. The van der Waals surface area contributed by atoms with E-state index in [0.717, 1.165) is 36.1 Å². The van der Waals surface area contributed by atoms with E-state index in [2.05, 4.69) is 15.6 Å². The van der Waals surface area contributed by atoms with Crippen molar-refractivity contribution in [1.82, 2.24) is 10.6 Å². The lowest BCUT2D eigenvalue weighted by Crippen LogP contribution is -2.36. The van der Waals surface area contributed by atoms with Crippen molar-refractivity contribution in [1.29, 1.82) is 0 Å². The molecule has 98 valence electrons. The fourth-order valence-electron chi connectivity index (χ4n) is 1.72. The third kappa shape index (κ3) is 3.06. The molecule has 0 atom stereocenters. The highest BCUT2D eigenvalue weighted by Crippen LogP contribution is 2.32. The Labute approximate surface area is 107 Å². The summed E-state index contributed by atoms with van der Waals surface area (Å²) in [5.74, 6) is 2.44. The second-order valence-corrected chi connectivity index (χ2v) is 3.91. The minimum absolute atomic E-state index is 0.308. The summed E-state index contributed by atoms with van der Waals surface area (Å²) in [7, 11) is 0. The highest BCUT2D eigenvalue weighted by Gasteiger charge is 2.12. The first-order valence-corrected chi connectivity index (χ1v) is 6.24. The van der Waals surface area contributed by atoms with Crippen LogP contribution in [-0.4, -0.2) is 25.8 Å². The van der Waals surface area contributed by atoms with Crippen LogP contribution in [0, 0.1) is 0 Å². The molecule has 0 spiro atoms. The van der Waals surface area contributed by atoms with Crippen molar-refractivity contribution in [3.63, 3.8) is 0 Å². The van der Waals surface area contributed by atoms with Gasteiger partial charge in [-0.25, -0.2) is 4.99 Å². The van der Waals surface area contributed by atoms with Gasteiger partial charge in [0.05, 0.1) is 6.54 Å². The molecule has 18 heavy (non-hydrogen) atoms. The highest BCUT2D eigenvalue weighted by atomic mass is 16.7. The van der Waals surface area contributed by atoms with E-state index in [1.165, 1.54) is 0 Å². The lowest BCUT2D eigenvalue weighted by Gasteiger charge is -2.09. The zero-order valence-corrected chi connectivity index (χ0v) is 10.8. The van der Waals surface area contributed by atoms with E-state index in [1.54, 1.807) is 0 Å². The number of hydrogen-bond donors (Lipinski definition) is 2. The van der Waals surface area contributed by atoms with Crippen LogP contribution in [0.5, 0.6) is 11.5 Å². The molecule has 0 radical (unpaired) electrons. The van der Waals surface area contributed by atoms with E-state index in [9.17, 15) is 0 Å². The molecule has 0 unspecified atom stereocenters. The van der Waals surface area contributed by atoms with Crippen molar-refractivity contribution in [2.24, 2.45) is 4.99 Å². The van der Waals surface area contributed by atoms with Gasteiger partial charge in [0.2, 0.25) is 6.79 Å². The molecule has 2 rings (SSSR count). The van der Waals surface area contributed by atoms with Crippen LogP contribution in [0.2, 0.25) is 0 Å². The Morgan fingerprint density at radius 1 is 1.17 bits per heavy atom. The van der Waals surface area contributed by atoms with Gasteiger partial charge in [0.1, 0.15) is 0 Å². The maximum absolute atomic E-state index is 5.34. The predicted molar refractivity (Wildman–Crippen MR) is 71.1 cm³/mol. The lowest BCUT2D eigenvalue weighted by atomic mass is 10.2. The van der Waals surface area contributed by atoms with Crippen molar-refractivity contribution in [3.8, 4) is 11.5 Å². The van der Waals surface area contributed by atoms with Crippen molar-refractivity contribution >= 4 is 5.96 Å². The first-order valence-electron chi connectivity index (χ1n) is 6.24. The molecule has 2 N–H and O–H groups in total. The second kappa shape index (κ2) is 6.14. The number of nitrogens with zero attached hydrogens (tertiary/aromatic N) is 1. The zero-order chi connectivity index (χ0) is 12.8. The smallest absolute Gasteiger partial charge is 0.231 e. The van der Waals surface area contributed by atoms with E-state index in [0.29, 0.717) is 13.3 Å². The number of aliphatic imine (C=N–C) groups is 1. The molecule has 5 nitrogen and oxygen atoms in total. The first kappa shape index (κ1) is 12.5. The topological polar surface area (TPSA) is 54.9 Å². The Morgan fingerprint density at radius 3 is 2.61 bits per heavy atom. The van der Waals surface area contributed by atoms with Crippen LogP contribution in [0.25, 0.3) is 0 Å². The average Bonchev–Trinajstić information content (AvgIpc) is 2.84. The quantitative estimate of drug-likeness (QED) is 0.627. The molecule has 5 heteroatoms. The molecule has 1 aromatic rings. The molecular weight excluding hydrogens is 230 g/mol. The van der Waals surface area contributed by atoms with Crippen molar-refractivity contribution in [2.75, 3.05) is 19.9 Å². The molecule has 1 heterocycles. The van der Waals surface area contributed by atoms with Crippen LogP contribution in [0.1, 0.15) is 19.4 Å². The van der Waals surface area contributed by atoms with Gasteiger partial charge in [-0.2, -0.15) is 0 Å². The second-order valence-electron chi connectivity index (χ2n) is 3.91. The Morgan fingerprint density at radius 2 is 1.89 bits per heavy atom. The minimum atomic E-state index is 0.308. The van der Waals surface area contributed by atoms with Gasteiger partial charge in [-0.3, -0.25) is 0 Å². The summed E-state index contributed by atoms with van der Waals surface area (Å²) in [6, 6.07) is 5.90. The zero-order valence-electron chi connectivity index (χ0n) is 10.8. The molecule has 1 aliphatic heterocycles. The number of benzene rings is 1. The van der Waals surface area contributed by atoms with Crippen molar-refractivity contribution in [3.05, 3.63) is 23.8 Å². The van der Waals surface area contributed by atoms with E-state index >= 15 is 0 Å². The van der Waals surface area contributed by atoms with Crippen molar-refractivity contribution < 1.29 is 9.47 Å². The number of nitrogens with one attached hydrogen (secondary N) is 2. The normalized spacial score (nSPS) is 12.1. The van der Waals surface area contributed by atoms with Crippen LogP contribution in [0.4, 0.5) is 0 Å². The predicted octanol–water partition coefficient (Wildman–Crippen LogP) is 1.49. The van der Waals surface area contributed by atoms with Crippen LogP contribution in [0.15, 0.2) is 23.2 Å². The molecule has 1 aromatic carbocycles. The van der Waals surface area contributed by atoms with Gasteiger partial charge in [-0.15, -0.1) is 0 Å². The van der Waals surface area contributed by atoms with Crippen LogP contribution in [0.3, 0.4) is 0 Å². The van der Waals surface area contributed by atoms with Gasteiger partial charge < -0.3 is 20.1 Å². The Balaban J connectivity index is 2.02. The van der Waals surface area contributed by atoms with Crippen LogP contribution in [-0.2, 0) is 6.54 Å². The Kier molecular flexibility index (Phi) is 4.28. The molecule has 0 aliphatic carbocycles. The maximum atomic E-state index is 5.34. The van der Waals surface area contributed by atoms with E-state index in [1.807, 2.05) is 32.0 Å². The standard InChI is InChI=1S/C13H19N3O2/c1-3-14-13(15-4-2)16-8-10-5-6-11-12(7-10)18-9-17-11/h5-7H,3-4,8-9H2,1-2H3,(H2,14,15,16). The van der Waals surface area contributed by atoms with Gasteiger partial charge in [-0.1, -0.05) is 6.07 Å². The molecule has 0 aromatic heterocycles. The SMILES string of the molecule is CCNC(=NCc1ccc2c(c1)OCO2)NCC. The fourth-order valence-corrected chi connectivity index (χ4v) is 1.72. The number of fused-ring (bicyclic) bond motifs is 1. The molecule has 1 aliphatic rings. The Bertz CT molecular complexity index is 424. The number of guanidine groups is 1. The first-order chi connectivity index (χ1) is 8.83. The van der Waals surface area contributed by atoms with E-state index in [-0.39, 0.29) is 0 Å². The third-order valence-electron chi connectivity index (χ3n) is 2.55. The summed E-state index contributed by atoms with van der Waals surface area (Å²) in [5.41, 5.74) is 1.10. The third-order valence-corrected chi connectivity index (χ3v) is 2.55. The molecule has 0 saturated carbocycles. The van der Waals surface area contributed by atoms with Crippen LogP contribution >= 0.6 is 0 Å². The Hall–Kier alpha value is -1.91. The number of ether oxygens (including phenoxy) is 2. The van der Waals surface area contributed by atoms with Gasteiger partial charge in [-0.05, 0) is 31.5 Å². The van der Waals surface area contributed by atoms with E-state index < -0.39 is 0 Å². The monoisotopic (exact) mass is 249 g/mol. The summed E-state index contributed by atoms with van der Waals surface area (Å²) < 4.78 is 10.6. The van der Waals surface area contributed by atoms with Gasteiger partial charge in [0.25, 0.3) is 0 Å². The molecule has 0 bridgehead atoms. The fraction of sp³-hybridized carbons (Fsp3) is 0.462. The summed E-state index contributed by atoms with van der Waals surface area (Å²) in [4.78, 5) is 4.50. The van der Waals surface area contributed by atoms with Gasteiger partial charge in [0.15, 0.2) is 17.5 Å². The lowest BCUT2D eigenvalue weighted by molar-refractivity contribution is 0.174. The van der Waals surface area contributed by atoms with E-state index in [4.69, 9.17) is 9.47 Å². The summed E-state index contributed by atoms with van der Waals surface area (Å²) in [6.07, 6.45) is 0. The van der Waals surface area contributed by atoms with Gasteiger partial charge in [0, 0.05) is 13.1 Å². The maximum Gasteiger partial charge on any atom is 0.231 e. The summed E-state index contributed by atoms with van der Waals surface area (Å²) in [6.45, 7) is 6.73. The molecular formula is C13H19N3O2. The van der Waals surface area contributed by atoms with Crippen LogP contribution < -0.4 is 20.1 Å². The number of hydrogen-bond acceptors (Lipinski definition) is 3.